The van der Waals surface area contributed by atoms with Gasteiger partial charge in [-0.2, -0.15) is 0 Å². The molecule has 2 saturated heterocycles. The quantitative estimate of drug-likeness (QED) is 0.213. The van der Waals surface area contributed by atoms with E-state index in [9.17, 15) is 9.90 Å². The van der Waals surface area contributed by atoms with Crippen LogP contribution in [0.1, 0.15) is 51.6 Å². The lowest BCUT2D eigenvalue weighted by Crippen LogP contribution is -2.49. The Bertz CT molecular complexity index is 1780. The van der Waals surface area contributed by atoms with Gasteiger partial charge in [0.1, 0.15) is 5.69 Å². The summed E-state index contributed by atoms with van der Waals surface area (Å²) in [6.07, 6.45) is 1.48. The van der Waals surface area contributed by atoms with Crippen LogP contribution in [0.15, 0.2) is 109 Å². The Morgan fingerprint density at radius 1 is 0.766 bits per heavy atom. The zero-order valence-corrected chi connectivity index (χ0v) is 26.2. The molecule has 5 aromatic rings. The maximum atomic E-state index is 12.9. The molecule has 2 fully saturated rings. The van der Waals surface area contributed by atoms with Crippen molar-refractivity contribution >= 4 is 22.6 Å². The number of piperazine rings is 1. The molecule has 47 heavy (non-hydrogen) atoms. The van der Waals surface area contributed by atoms with Crippen LogP contribution in [0.4, 0.5) is 5.69 Å². The number of nitrogens with one attached hydrogen (secondary N) is 1. The van der Waals surface area contributed by atoms with Crippen molar-refractivity contribution in [2.75, 3.05) is 38.0 Å². The number of carbonyl (C=O) groups excluding carboxylic acids is 1. The van der Waals surface area contributed by atoms with E-state index in [1.165, 1.54) is 11.8 Å². The number of aromatic nitrogens is 2. The molecular formula is C38H39N5O4. The molecule has 3 heterocycles. The summed E-state index contributed by atoms with van der Waals surface area (Å²) in [6.45, 7) is 5.83. The summed E-state index contributed by atoms with van der Waals surface area (Å²) in [7, 11) is 0. The number of fused-ring (bicyclic) bond motifs is 1. The SMILES string of the molecule is O=C(Nc1ccc([C@H]2O[C@@H](CN3CCN(Cc4ccccc4)CC3)C[C@@H](c3ccc(CO)cc3)O2)cc1)c1cnc2ccccc2n1. The van der Waals surface area contributed by atoms with Gasteiger partial charge in [-0.05, 0) is 41.0 Å². The Hall–Kier alpha value is -4.51. The minimum Gasteiger partial charge on any atom is -0.392 e. The van der Waals surface area contributed by atoms with Gasteiger partial charge in [-0.25, -0.2) is 4.98 Å². The number of benzene rings is 4. The van der Waals surface area contributed by atoms with Gasteiger partial charge >= 0.3 is 0 Å². The summed E-state index contributed by atoms with van der Waals surface area (Å²) in [4.78, 5) is 26.8. The predicted octanol–water partition coefficient (Wildman–Crippen LogP) is 5.74. The highest BCUT2D eigenvalue weighted by Gasteiger charge is 2.34. The molecule has 1 aromatic heterocycles. The lowest BCUT2D eigenvalue weighted by molar-refractivity contribution is -0.253. The van der Waals surface area contributed by atoms with Gasteiger partial charge in [-0.15, -0.1) is 0 Å². The lowest BCUT2D eigenvalue weighted by Gasteiger charge is -2.40. The number of anilines is 1. The van der Waals surface area contributed by atoms with Crippen LogP contribution in [0.5, 0.6) is 0 Å². The van der Waals surface area contributed by atoms with Crippen molar-refractivity contribution in [2.45, 2.75) is 38.1 Å². The molecule has 7 rings (SSSR count). The zero-order chi connectivity index (χ0) is 32.0. The third-order valence-corrected chi connectivity index (χ3v) is 8.91. The molecule has 9 nitrogen and oxygen atoms in total. The van der Waals surface area contributed by atoms with E-state index in [0.29, 0.717) is 11.2 Å². The fraction of sp³-hybridized carbons (Fsp3) is 0.289. The van der Waals surface area contributed by atoms with Crippen LogP contribution < -0.4 is 5.32 Å². The van der Waals surface area contributed by atoms with E-state index in [4.69, 9.17) is 9.47 Å². The number of nitrogens with zero attached hydrogens (tertiary/aromatic N) is 4. The van der Waals surface area contributed by atoms with E-state index >= 15 is 0 Å². The van der Waals surface area contributed by atoms with E-state index in [1.807, 2.05) is 72.8 Å². The fourth-order valence-corrected chi connectivity index (χ4v) is 6.28. The van der Waals surface area contributed by atoms with Crippen molar-refractivity contribution < 1.29 is 19.4 Å². The minimum absolute atomic E-state index is 0.00669. The number of ether oxygens (including phenoxy) is 2. The summed E-state index contributed by atoms with van der Waals surface area (Å²) in [5.74, 6) is -0.323. The topological polar surface area (TPSA) is 100 Å². The summed E-state index contributed by atoms with van der Waals surface area (Å²) < 4.78 is 13.2. The Labute approximate surface area is 274 Å². The van der Waals surface area contributed by atoms with Crippen molar-refractivity contribution in [1.82, 2.24) is 19.8 Å². The lowest BCUT2D eigenvalue weighted by atomic mass is 9.99. The van der Waals surface area contributed by atoms with Crippen LogP contribution >= 0.6 is 0 Å². The van der Waals surface area contributed by atoms with Gasteiger partial charge in [0.05, 0.1) is 36.0 Å². The number of aliphatic hydroxyl groups excluding tert-OH is 1. The number of amides is 1. The van der Waals surface area contributed by atoms with E-state index in [0.717, 1.165) is 67.9 Å². The number of aliphatic hydroxyl groups is 1. The average Bonchev–Trinajstić information content (AvgIpc) is 3.13. The highest BCUT2D eigenvalue weighted by atomic mass is 16.7. The fourth-order valence-electron chi connectivity index (χ4n) is 6.28. The number of hydrogen-bond donors (Lipinski definition) is 2. The standard InChI is InChI=1S/C38H39N5O4/c44-26-28-10-12-29(13-11-28)36-22-32(25-43-20-18-42(19-21-43)24-27-6-2-1-3-7-27)46-38(47-36)30-14-16-31(17-15-30)40-37(45)35-23-39-33-8-4-5-9-34(33)41-35/h1-17,23,32,36,38,44H,18-22,24-26H2,(H,40,45)/t32-,36+,38+/m1/s1. The Kier molecular flexibility index (Phi) is 9.60. The first-order valence-electron chi connectivity index (χ1n) is 16.2. The molecule has 0 spiro atoms. The average molecular weight is 630 g/mol. The van der Waals surface area contributed by atoms with E-state index in [2.05, 4.69) is 55.4 Å². The highest BCUT2D eigenvalue weighted by Crippen LogP contribution is 2.38. The summed E-state index contributed by atoms with van der Waals surface area (Å²) >= 11 is 0. The van der Waals surface area contributed by atoms with Crippen molar-refractivity contribution in [3.05, 3.63) is 137 Å². The Morgan fingerprint density at radius 2 is 1.45 bits per heavy atom. The van der Waals surface area contributed by atoms with Gasteiger partial charge in [0, 0.05) is 56.9 Å². The predicted molar refractivity (Wildman–Crippen MR) is 181 cm³/mol. The number of hydrogen-bond acceptors (Lipinski definition) is 8. The maximum Gasteiger partial charge on any atom is 0.275 e. The van der Waals surface area contributed by atoms with Gasteiger partial charge in [-0.1, -0.05) is 78.9 Å². The van der Waals surface area contributed by atoms with Crippen LogP contribution in [-0.4, -0.2) is 69.6 Å². The Morgan fingerprint density at radius 3 is 2.19 bits per heavy atom. The third kappa shape index (κ3) is 7.73. The molecule has 0 bridgehead atoms. The number of rotatable bonds is 9. The van der Waals surface area contributed by atoms with Crippen LogP contribution in [-0.2, 0) is 22.6 Å². The molecule has 2 aliphatic heterocycles. The van der Waals surface area contributed by atoms with Crippen molar-refractivity contribution in [2.24, 2.45) is 0 Å². The zero-order valence-electron chi connectivity index (χ0n) is 26.2. The van der Waals surface area contributed by atoms with E-state index in [1.54, 1.807) is 0 Å². The van der Waals surface area contributed by atoms with Gasteiger partial charge < -0.3 is 19.9 Å². The van der Waals surface area contributed by atoms with Crippen molar-refractivity contribution in [3.8, 4) is 0 Å². The third-order valence-electron chi connectivity index (χ3n) is 8.91. The second-order valence-electron chi connectivity index (χ2n) is 12.2. The molecule has 4 aromatic carbocycles. The normalized spacial score (nSPS) is 20.7. The summed E-state index contributed by atoms with van der Waals surface area (Å²) in [5, 5.41) is 12.5. The van der Waals surface area contributed by atoms with Crippen molar-refractivity contribution in [3.63, 3.8) is 0 Å². The second-order valence-corrected chi connectivity index (χ2v) is 12.2. The summed E-state index contributed by atoms with van der Waals surface area (Å²) in [6, 6.07) is 33.7. The van der Waals surface area contributed by atoms with Gasteiger partial charge in [0.15, 0.2) is 6.29 Å². The first-order valence-corrected chi connectivity index (χ1v) is 16.2. The molecule has 0 unspecified atom stereocenters. The van der Waals surface area contributed by atoms with Crippen molar-refractivity contribution in [1.29, 1.82) is 0 Å². The van der Waals surface area contributed by atoms with Crippen LogP contribution in [0, 0.1) is 0 Å². The monoisotopic (exact) mass is 629 g/mol. The molecule has 3 atom stereocenters. The first kappa shape index (κ1) is 31.1. The van der Waals surface area contributed by atoms with Gasteiger partial charge in [-0.3, -0.25) is 19.6 Å². The molecule has 9 heteroatoms. The number of para-hydroxylation sites is 2. The molecule has 240 valence electrons. The molecule has 2 N–H and O–H groups in total. The second kappa shape index (κ2) is 14.5. The van der Waals surface area contributed by atoms with Gasteiger partial charge in [0.25, 0.3) is 5.91 Å². The molecule has 2 aliphatic rings. The maximum absolute atomic E-state index is 12.9. The van der Waals surface area contributed by atoms with Crippen LogP contribution in [0.3, 0.4) is 0 Å². The molecule has 0 radical (unpaired) electrons. The number of carbonyl (C=O) groups is 1. The summed E-state index contributed by atoms with van der Waals surface area (Å²) in [5.41, 5.74) is 6.47. The van der Waals surface area contributed by atoms with Crippen LogP contribution in [0.2, 0.25) is 0 Å². The smallest absolute Gasteiger partial charge is 0.275 e. The van der Waals surface area contributed by atoms with E-state index in [-0.39, 0.29) is 30.4 Å². The molecular weight excluding hydrogens is 590 g/mol. The van der Waals surface area contributed by atoms with E-state index < -0.39 is 6.29 Å². The first-order chi connectivity index (χ1) is 23.1. The molecule has 0 saturated carbocycles. The van der Waals surface area contributed by atoms with Gasteiger partial charge in [0.2, 0.25) is 0 Å². The largest absolute Gasteiger partial charge is 0.392 e. The van der Waals surface area contributed by atoms with Crippen LogP contribution in [0.25, 0.3) is 11.0 Å². The molecule has 1 amide bonds. The molecule has 0 aliphatic carbocycles. The minimum atomic E-state index is -0.563. The Balaban J connectivity index is 1.02. The highest BCUT2D eigenvalue weighted by molar-refractivity contribution is 6.03.